The maximum absolute atomic E-state index is 12.2. The topological polar surface area (TPSA) is 87.2 Å². The minimum Gasteiger partial charge on any atom is -0.481 e. The van der Waals surface area contributed by atoms with Crippen LogP contribution < -0.4 is 0 Å². The first kappa shape index (κ1) is 13.6. The van der Waals surface area contributed by atoms with E-state index in [1.54, 1.807) is 6.92 Å². The van der Waals surface area contributed by atoms with Gasteiger partial charge in [-0.1, -0.05) is 0 Å². The number of hydrogen-bond donors (Lipinski definition) is 1. The van der Waals surface area contributed by atoms with Crippen LogP contribution in [-0.2, 0) is 14.3 Å². The van der Waals surface area contributed by atoms with E-state index in [4.69, 9.17) is 9.84 Å². The fourth-order valence-electron chi connectivity index (χ4n) is 2.45. The minimum absolute atomic E-state index is 0.222. The van der Waals surface area contributed by atoms with E-state index in [0.29, 0.717) is 19.6 Å². The molecule has 2 saturated heterocycles. The molecule has 106 valence electrons. The maximum Gasteiger partial charge on any atom is 0.328 e. The Morgan fingerprint density at radius 3 is 2.58 bits per heavy atom. The van der Waals surface area contributed by atoms with E-state index in [-0.39, 0.29) is 25.1 Å². The number of hydrogen-bond acceptors (Lipinski definition) is 4. The van der Waals surface area contributed by atoms with E-state index < -0.39 is 17.9 Å². The van der Waals surface area contributed by atoms with Crippen LogP contribution >= 0.6 is 0 Å². The molecule has 2 rings (SSSR count). The zero-order chi connectivity index (χ0) is 14.0. The van der Waals surface area contributed by atoms with Gasteiger partial charge in [0.25, 0.3) is 0 Å². The Labute approximate surface area is 111 Å². The van der Waals surface area contributed by atoms with Gasteiger partial charge >= 0.3 is 18.0 Å². The molecule has 2 aliphatic rings. The third-order valence-electron chi connectivity index (χ3n) is 3.56. The summed E-state index contributed by atoms with van der Waals surface area (Å²) in [6.45, 7) is 2.99. The summed E-state index contributed by atoms with van der Waals surface area (Å²) in [7, 11) is 0. The molecule has 1 unspecified atom stereocenters. The van der Waals surface area contributed by atoms with E-state index in [1.807, 2.05) is 0 Å². The van der Waals surface area contributed by atoms with Crippen LogP contribution in [0.3, 0.4) is 0 Å². The van der Waals surface area contributed by atoms with Crippen molar-refractivity contribution in [3.8, 4) is 0 Å². The van der Waals surface area contributed by atoms with Crippen molar-refractivity contribution in [2.24, 2.45) is 5.92 Å². The zero-order valence-electron chi connectivity index (χ0n) is 10.9. The molecule has 2 aliphatic heterocycles. The molecule has 19 heavy (non-hydrogen) atoms. The number of carbonyl (C=O) groups excluding carboxylic acids is 2. The van der Waals surface area contributed by atoms with Gasteiger partial charge in [-0.25, -0.2) is 9.59 Å². The number of esters is 1. The second kappa shape index (κ2) is 5.46. The van der Waals surface area contributed by atoms with Crippen LogP contribution in [0.4, 0.5) is 4.79 Å². The van der Waals surface area contributed by atoms with Crippen LogP contribution in [0.1, 0.15) is 19.8 Å². The Morgan fingerprint density at radius 2 is 2.00 bits per heavy atom. The molecule has 0 aromatic carbocycles. The highest BCUT2D eigenvalue weighted by Crippen LogP contribution is 2.24. The fourth-order valence-corrected chi connectivity index (χ4v) is 2.45. The van der Waals surface area contributed by atoms with Crippen molar-refractivity contribution in [1.29, 1.82) is 0 Å². The van der Waals surface area contributed by atoms with Gasteiger partial charge in [0, 0.05) is 19.6 Å². The van der Waals surface area contributed by atoms with Crippen molar-refractivity contribution < 1.29 is 24.2 Å². The van der Waals surface area contributed by atoms with Crippen molar-refractivity contribution in [2.45, 2.75) is 25.8 Å². The lowest BCUT2D eigenvalue weighted by atomic mass is 10.0. The predicted octanol–water partition coefficient (Wildman–Crippen LogP) is 0.150. The summed E-state index contributed by atoms with van der Waals surface area (Å²) in [6.07, 6.45) is 1.38. The first-order chi connectivity index (χ1) is 9.04. The monoisotopic (exact) mass is 270 g/mol. The third kappa shape index (κ3) is 2.64. The van der Waals surface area contributed by atoms with Gasteiger partial charge in [-0.15, -0.1) is 0 Å². The Bertz CT molecular complexity index is 392. The maximum atomic E-state index is 12.2. The summed E-state index contributed by atoms with van der Waals surface area (Å²) in [5, 5.41) is 8.78. The molecule has 1 N–H and O–H groups in total. The Morgan fingerprint density at radius 1 is 1.32 bits per heavy atom. The van der Waals surface area contributed by atoms with Crippen molar-refractivity contribution in [1.82, 2.24) is 9.80 Å². The van der Waals surface area contributed by atoms with Gasteiger partial charge in [-0.3, -0.25) is 4.79 Å². The third-order valence-corrected chi connectivity index (χ3v) is 3.56. The standard InChI is InChI=1S/C12H18N2O5/c1-2-19-11(17)9-4-3-5-14(9)12(18)13-6-8(7-13)10(15)16/h8-9H,2-7H2,1H3,(H,15,16). The molecular formula is C12H18N2O5. The fraction of sp³-hybridized carbons (Fsp3) is 0.750. The van der Waals surface area contributed by atoms with Crippen LogP contribution in [-0.4, -0.2) is 65.2 Å². The Hall–Kier alpha value is -1.79. The number of likely N-dealkylation sites (tertiary alicyclic amines) is 2. The van der Waals surface area contributed by atoms with Gasteiger partial charge in [-0.2, -0.15) is 0 Å². The van der Waals surface area contributed by atoms with Crippen LogP contribution in [0, 0.1) is 5.92 Å². The summed E-state index contributed by atoms with van der Waals surface area (Å²) in [5.41, 5.74) is 0. The number of carbonyl (C=O) groups is 3. The molecule has 0 aromatic rings. The zero-order valence-corrected chi connectivity index (χ0v) is 10.9. The molecule has 0 saturated carbocycles. The van der Waals surface area contributed by atoms with Crippen LogP contribution in [0.25, 0.3) is 0 Å². The number of aliphatic carboxylic acids is 1. The van der Waals surface area contributed by atoms with E-state index >= 15 is 0 Å². The number of carboxylic acid groups (broad SMARTS) is 1. The predicted molar refractivity (Wildman–Crippen MR) is 64.5 cm³/mol. The highest BCUT2D eigenvalue weighted by atomic mass is 16.5. The molecule has 0 bridgehead atoms. The first-order valence-corrected chi connectivity index (χ1v) is 6.49. The van der Waals surface area contributed by atoms with E-state index in [9.17, 15) is 14.4 Å². The summed E-state index contributed by atoms with van der Waals surface area (Å²) >= 11 is 0. The number of nitrogens with zero attached hydrogens (tertiary/aromatic N) is 2. The molecule has 0 aliphatic carbocycles. The van der Waals surface area contributed by atoms with Crippen molar-refractivity contribution in [2.75, 3.05) is 26.2 Å². The van der Waals surface area contributed by atoms with Crippen LogP contribution in [0.5, 0.6) is 0 Å². The summed E-state index contributed by atoms with van der Waals surface area (Å²) < 4.78 is 4.95. The number of ether oxygens (including phenoxy) is 1. The molecule has 2 fully saturated rings. The number of urea groups is 1. The summed E-state index contributed by atoms with van der Waals surface area (Å²) in [5.74, 6) is -1.73. The highest BCUT2D eigenvalue weighted by molar-refractivity contribution is 5.86. The average molecular weight is 270 g/mol. The molecule has 2 amide bonds. The molecule has 1 atom stereocenters. The SMILES string of the molecule is CCOC(=O)C1CCCN1C(=O)N1CC(C(=O)O)C1. The molecule has 7 nitrogen and oxygen atoms in total. The number of carboxylic acids is 1. The van der Waals surface area contributed by atoms with Crippen molar-refractivity contribution >= 4 is 18.0 Å². The lowest BCUT2D eigenvalue weighted by Crippen LogP contribution is -2.58. The molecule has 2 heterocycles. The number of amides is 2. The van der Waals surface area contributed by atoms with Crippen molar-refractivity contribution in [3.63, 3.8) is 0 Å². The van der Waals surface area contributed by atoms with Gasteiger partial charge in [0.1, 0.15) is 6.04 Å². The summed E-state index contributed by atoms with van der Waals surface area (Å²) in [4.78, 5) is 37.6. The van der Waals surface area contributed by atoms with Crippen molar-refractivity contribution in [3.05, 3.63) is 0 Å². The lowest BCUT2D eigenvalue weighted by molar-refractivity contribution is -0.149. The second-order valence-corrected chi connectivity index (χ2v) is 4.83. The smallest absolute Gasteiger partial charge is 0.328 e. The lowest BCUT2D eigenvalue weighted by Gasteiger charge is -2.40. The first-order valence-electron chi connectivity index (χ1n) is 6.49. The quantitative estimate of drug-likeness (QED) is 0.738. The van der Waals surface area contributed by atoms with E-state index in [2.05, 4.69) is 0 Å². The Kier molecular flexibility index (Phi) is 3.92. The average Bonchev–Trinajstić information content (AvgIpc) is 2.75. The van der Waals surface area contributed by atoms with Gasteiger partial charge < -0.3 is 19.6 Å². The molecule has 7 heteroatoms. The van der Waals surface area contributed by atoms with E-state index in [0.717, 1.165) is 6.42 Å². The molecule has 0 radical (unpaired) electrons. The van der Waals surface area contributed by atoms with Crippen LogP contribution in [0.15, 0.2) is 0 Å². The Balaban J connectivity index is 1.92. The van der Waals surface area contributed by atoms with E-state index in [1.165, 1.54) is 9.80 Å². The second-order valence-electron chi connectivity index (χ2n) is 4.83. The normalized spacial score (nSPS) is 23.1. The minimum atomic E-state index is -0.882. The summed E-state index contributed by atoms with van der Waals surface area (Å²) in [6, 6.07) is -0.774. The largest absolute Gasteiger partial charge is 0.481 e. The van der Waals surface area contributed by atoms with Gasteiger partial charge in [-0.05, 0) is 19.8 Å². The van der Waals surface area contributed by atoms with Gasteiger partial charge in [0.15, 0.2) is 0 Å². The van der Waals surface area contributed by atoms with Crippen LogP contribution in [0.2, 0.25) is 0 Å². The molecule has 0 spiro atoms. The van der Waals surface area contributed by atoms with Gasteiger partial charge in [0.2, 0.25) is 0 Å². The highest BCUT2D eigenvalue weighted by Gasteiger charge is 2.42. The molecular weight excluding hydrogens is 252 g/mol. The molecule has 0 aromatic heterocycles. The van der Waals surface area contributed by atoms with Gasteiger partial charge in [0.05, 0.1) is 12.5 Å². The number of rotatable bonds is 3.